The van der Waals surface area contributed by atoms with E-state index in [-0.39, 0.29) is 0 Å². The maximum absolute atomic E-state index is 4.41. The molecule has 0 amide bonds. The van der Waals surface area contributed by atoms with E-state index in [2.05, 4.69) is 236 Å². The Labute approximate surface area is 364 Å². The first-order valence-electron chi connectivity index (χ1n) is 21.3. The van der Waals surface area contributed by atoms with Gasteiger partial charge in [-0.25, -0.2) is 0 Å². The predicted octanol–water partition coefficient (Wildman–Crippen LogP) is 16.8. The van der Waals surface area contributed by atoms with E-state index in [1.54, 1.807) is 0 Å². The van der Waals surface area contributed by atoms with Crippen LogP contribution >= 0.6 is 0 Å². The molecule has 1 atom stereocenters. The van der Waals surface area contributed by atoms with E-state index in [1.807, 2.05) is 18.2 Å². The molecule has 0 aliphatic heterocycles. The predicted molar refractivity (Wildman–Crippen MR) is 269 cm³/mol. The summed E-state index contributed by atoms with van der Waals surface area (Å²) in [4.78, 5) is 4.67. The first kappa shape index (κ1) is 38.3. The second kappa shape index (κ2) is 16.6. The Bertz CT molecular complexity index is 3210. The molecule has 0 heterocycles. The Balaban J connectivity index is 1.11. The van der Waals surface area contributed by atoms with Crippen molar-refractivity contribution >= 4 is 72.9 Å². The van der Waals surface area contributed by atoms with E-state index in [1.165, 1.54) is 32.7 Å². The van der Waals surface area contributed by atoms with Crippen LogP contribution in [0.1, 0.15) is 17.5 Å². The Morgan fingerprint density at radius 2 is 1.18 bits per heavy atom. The lowest BCUT2D eigenvalue weighted by molar-refractivity contribution is 0.775. The number of nitrogens with zero attached hydrogens (tertiary/aromatic N) is 2. The maximum atomic E-state index is 4.41. The molecule has 62 heavy (non-hydrogen) atoms. The molecular formula is C60H46N2. The van der Waals surface area contributed by atoms with Crippen molar-refractivity contribution in [2.24, 2.45) is 5.92 Å². The van der Waals surface area contributed by atoms with Gasteiger partial charge in [0.2, 0.25) is 0 Å². The lowest BCUT2D eigenvalue weighted by Gasteiger charge is -2.30. The Hall–Kier alpha value is -7.94. The average Bonchev–Trinajstić information content (AvgIpc) is 3.33. The SMILES string of the molecule is C=C/C(=C\C1=CCC2C=CC=CC2=C1)N(c1ccccc1)c1ccc(-c2ccc(N(c3ccccc3)c3ccc4cc5ccccc5cc4c3)c3ccccc23)c(C=C)c1C=C. The van der Waals surface area contributed by atoms with Crippen molar-refractivity contribution in [2.75, 3.05) is 9.80 Å². The molecule has 10 rings (SSSR count). The second-order valence-corrected chi connectivity index (χ2v) is 15.8. The Morgan fingerprint density at radius 1 is 0.532 bits per heavy atom. The highest BCUT2D eigenvalue weighted by atomic mass is 15.2. The Kier molecular flexibility index (Phi) is 10.3. The van der Waals surface area contributed by atoms with Gasteiger partial charge < -0.3 is 9.80 Å². The number of fused-ring (bicyclic) bond motifs is 4. The van der Waals surface area contributed by atoms with Gasteiger partial charge in [-0.15, -0.1) is 0 Å². The molecule has 8 aromatic carbocycles. The molecule has 0 saturated heterocycles. The third-order valence-corrected chi connectivity index (χ3v) is 12.2. The lowest BCUT2D eigenvalue weighted by atomic mass is 9.85. The summed E-state index contributed by atoms with van der Waals surface area (Å²) in [5.41, 5.74) is 13.0. The molecule has 0 N–H and O–H groups in total. The number of allylic oxidation sites excluding steroid dienone is 10. The highest BCUT2D eigenvalue weighted by molar-refractivity contribution is 6.08. The van der Waals surface area contributed by atoms with Crippen molar-refractivity contribution < 1.29 is 0 Å². The van der Waals surface area contributed by atoms with Crippen LogP contribution in [0, 0.1) is 5.92 Å². The van der Waals surface area contributed by atoms with Gasteiger partial charge in [0.25, 0.3) is 0 Å². The van der Waals surface area contributed by atoms with E-state index in [4.69, 9.17) is 0 Å². The normalized spacial score (nSPS) is 14.6. The van der Waals surface area contributed by atoms with Crippen molar-refractivity contribution in [2.45, 2.75) is 6.42 Å². The van der Waals surface area contributed by atoms with Gasteiger partial charge in [0.05, 0.1) is 11.4 Å². The second-order valence-electron chi connectivity index (χ2n) is 15.8. The van der Waals surface area contributed by atoms with Gasteiger partial charge in [-0.2, -0.15) is 0 Å². The van der Waals surface area contributed by atoms with Crippen LogP contribution in [-0.4, -0.2) is 0 Å². The largest absolute Gasteiger partial charge is 0.310 e. The monoisotopic (exact) mass is 794 g/mol. The highest BCUT2D eigenvalue weighted by Crippen LogP contribution is 2.46. The van der Waals surface area contributed by atoms with Gasteiger partial charge in [0.1, 0.15) is 0 Å². The molecule has 2 aliphatic rings. The van der Waals surface area contributed by atoms with Crippen LogP contribution in [0.4, 0.5) is 28.4 Å². The molecule has 2 nitrogen and oxygen atoms in total. The number of para-hydroxylation sites is 2. The molecular weight excluding hydrogens is 749 g/mol. The van der Waals surface area contributed by atoms with Crippen molar-refractivity contribution in [3.8, 4) is 11.1 Å². The summed E-state index contributed by atoms with van der Waals surface area (Å²) in [6.07, 6.45) is 22.5. The fourth-order valence-corrected chi connectivity index (χ4v) is 9.25. The number of anilines is 5. The highest BCUT2D eigenvalue weighted by Gasteiger charge is 2.23. The van der Waals surface area contributed by atoms with E-state index < -0.39 is 0 Å². The molecule has 2 aliphatic carbocycles. The molecule has 2 heteroatoms. The molecule has 0 fully saturated rings. The maximum Gasteiger partial charge on any atom is 0.0540 e. The van der Waals surface area contributed by atoms with Crippen LogP contribution in [0.3, 0.4) is 0 Å². The smallest absolute Gasteiger partial charge is 0.0540 e. The quantitative estimate of drug-likeness (QED) is 0.0950. The third kappa shape index (κ3) is 7.02. The molecule has 0 radical (unpaired) electrons. The molecule has 0 spiro atoms. The first-order chi connectivity index (χ1) is 30.6. The van der Waals surface area contributed by atoms with Crippen LogP contribution in [0.5, 0.6) is 0 Å². The van der Waals surface area contributed by atoms with Crippen LogP contribution < -0.4 is 9.80 Å². The van der Waals surface area contributed by atoms with Gasteiger partial charge in [-0.3, -0.25) is 0 Å². The summed E-state index contributed by atoms with van der Waals surface area (Å²) in [5, 5.41) is 7.20. The molecule has 0 saturated carbocycles. The van der Waals surface area contributed by atoms with Gasteiger partial charge >= 0.3 is 0 Å². The minimum absolute atomic E-state index is 0.427. The molecule has 296 valence electrons. The summed E-state index contributed by atoms with van der Waals surface area (Å²) in [6, 6.07) is 58.9. The number of hydrogen-bond donors (Lipinski definition) is 0. The number of rotatable bonds is 11. The van der Waals surface area contributed by atoms with E-state index in [0.717, 1.165) is 73.6 Å². The summed E-state index contributed by atoms with van der Waals surface area (Å²) in [6.45, 7) is 13.1. The van der Waals surface area contributed by atoms with Gasteiger partial charge in [0.15, 0.2) is 0 Å². The van der Waals surface area contributed by atoms with Crippen LogP contribution in [0.15, 0.2) is 249 Å². The van der Waals surface area contributed by atoms with E-state index >= 15 is 0 Å². The van der Waals surface area contributed by atoms with Crippen molar-refractivity contribution in [1.82, 2.24) is 0 Å². The van der Waals surface area contributed by atoms with Crippen LogP contribution in [0.25, 0.3) is 55.6 Å². The third-order valence-electron chi connectivity index (χ3n) is 12.2. The number of hydrogen-bond acceptors (Lipinski definition) is 2. The zero-order valence-corrected chi connectivity index (χ0v) is 34.7. The summed E-state index contributed by atoms with van der Waals surface area (Å²) >= 11 is 0. The number of benzene rings is 8. The summed E-state index contributed by atoms with van der Waals surface area (Å²) in [5.74, 6) is 0.427. The van der Waals surface area contributed by atoms with Crippen molar-refractivity contribution in [3.63, 3.8) is 0 Å². The van der Waals surface area contributed by atoms with Crippen LogP contribution in [0.2, 0.25) is 0 Å². The van der Waals surface area contributed by atoms with Crippen molar-refractivity contribution in [1.29, 1.82) is 0 Å². The zero-order chi connectivity index (χ0) is 42.0. The molecule has 0 aromatic heterocycles. The molecule has 1 unspecified atom stereocenters. The summed E-state index contributed by atoms with van der Waals surface area (Å²) < 4.78 is 0. The zero-order valence-electron chi connectivity index (χ0n) is 34.7. The van der Waals surface area contributed by atoms with E-state index in [0.29, 0.717) is 5.92 Å². The molecule has 0 bridgehead atoms. The standard InChI is InChI=1S/C60H46N2/c1-4-49(38-42-29-30-43-19-13-14-20-44(43)37-42)61(50-23-9-7-10-24-50)59-35-33-56(53(5-2)54(59)6-3)57-34-36-60(58-28-18-17-27-55(57)58)62(51-25-11-8-12-26-51)52-32-31-47-39-45-21-15-16-22-46(45)40-48(47)41-52/h4-29,31-41,43H,1-3,30H2/b49-38+. The topological polar surface area (TPSA) is 6.48 Å². The fourth-order valence-electron chi connectivity index (χ4n) is 9.25. The Morgan fingerprint density at radius 3 is 1.92 bits per heavy atom. The van der Waals surface area contributed by atoms with Crippen LogP contribution in [-0.2, 0) is 0 Å². The fraction of sp³-hybridized carbons (Fsp3) is 0.0333. The minimum atomic E-state index is 0.427. The lowest BCUT2D eigenvalue weighted by Crippen LogP contribution is -2.17. The van der Waals surface area contributed by atoms with Gasteiger partial charge in [-0.05, 0) is 134 Å². The van der Waals surface area contributed by atoms with Gasteiger partial charge in [0, 0.05) is 39.6 Å². The van der Waals surface area contributed by atoms with Gasteiger partial charge in [-0.1, -0.05) is 171 Å². The average molecular weight is 795 g/mol. The van der Waals surface area contributed by atoms with Crippen molar-refractivity contribution in [3.05, 3.63) is 260 Å². The first-order valence-corrected chi connectivity index (χ1v) is 21.3. The minimum Gasteiger partial charge on any atom is -0.310 e. The molecule has 8 aromatic rings. The van der Waals surface area contributed by atoms with E-state index in [9.17, 15) is 0 Å². The summed E-state index contributed by atoms with van der Waals surface area (Å²) in [7, 11) is 0.